The number of aryl methyl sites for hydroxylation is 1. The number of rotatable bonds is 6. The average Bonchev–Trinajstić information content (AvgIpc) is 3.39. The van der Waals surface area contributed by atoms with Gasteiger partial charge < -0.3 is 24.3 Å². The van der Waals surface area contributed by atoms with E-state index in [1.165, 1.54) is 0 Å². The number of ether oxygens (including phenoxy) is 2. The molecule has 0 unspecified atom stereocenters. The lowest BCUT2D eigenvalue weighted by molar-refractivity contribution is 0.394. The zero-order chi connectivity index (χ0) is 25.4. The molecule has 4 aromatic rings. The second-order valence-corrected chi connectivity index (χ2v) is 9.98. The number of methoxy groups -OCH3 is 2. The van der Waals surface area contributed by atoms with Gasteiger partial charge in [-0.1, -0.05) is 22.0 Å². The molecule has 1 fully saturated rings. The molecule has 0 amide bonds. The second-order valence-electron chi connectivity index (χ2n) is 8.67. The van der Waals surface area contributed by atoms with E-state index in [0.717, 1.165) is 44.2 Å². The van der Waals surface area contributed by atoms with Crippen LogP contribution in [-0.4, -0.2) is 28.9 Å². The van der Waals surface area contributed by atoms with Crippen LogP contribution in [-0.2, 0) is 0 Å². The van der Waals surface area contributed by atoms with Crippen LogP contribution in [0.25, 0.3) is 5.69 Å². The van der Waals surface area contributed by atoms with Crippen LogP contribution in [0.2, 0.25) is 0 Å². The summed E-state index contributed by atoms with van der Waals surface area (Å²) in [5, 5.41) is 4.16. The van der Waals surface area contributed by atoms with E-state index < -0.39 is 0 Å². The summed E-state index contributed by atoms with van der Waals surface area (Å²) in [7, 11) is 3.31. The molecule has 1 aliphatic heterocycles. The van der Waals surface area contributed by atoms with Crippen molar-refractivity contribution in [3.8, 4) is 17.2 Å². The molecule has 8 heteroatoms. The lowest BCUT2D eigenvalue weighted by Gasteiger charge is -2.29. The number of nitrogens with zero attached hydrogens (tertiary/aromatic N) is 3. The van der Waals surface area contributed by atoms with Crippen LogP contribution in [0.15, 0.2) is 77.4 Å². The molecule has 0 bridgehead atoms. The quantitative estimate of drug-likeness (QED) is 0.273. The first-order chi connectivity index (χ1) is 17.4. The molecule has 0 aliphatic carbocycles. The number of hydrogen-bond acceptors (Lipinski definition) is 4. The van der Waals surface area contributed by atoms with Gasteiger partial charge in [0.1, 0.15) is 11.5 Å². The van der Waals surface area contributed by atoms with E-state index >= 15 is 0 Å². The molecule has 3 heterocycles. The summed E-state index contributed by atoms with van der Waals surface area (Å²) in [5.41, 5.74) is 6.35. The van der Waals surface area contributed by atoms with Crippen molar-refractivity contribution in [3.05, 3.63) is 100 Å². The molecule has 2 aromatic carbocycles. The maximum Gasteiger partial charge on any atom is 0.174 e. The molecular formula is C28H27BrN4O2S. The first-order valence-corrected chi connectivity index (χ1v) is 12.8. The number of anilines is 1. The first kappa shape index (κ1) is 24.3. The Bertz CT molecular complexity index is 1410. The van der Waals surface area contributed by atoms with Gasteiger partial charge in [0, 0.05) is 33.8 Å². The Balaban J connectivity index is 1.69. The van der Waals surface area contributed by atoms with E-state index in [1.807, 2.05) is 42.6 Å². The summed E-state index contributed by atoms with van der Waals surface area (Å²) in [5.74, 6) is 1.41. The normalized spacial score (nSPS) is 17.2. The lowest BCUT2D eigenvalue weighted by Crippen LogP contribution is -2.30. The standard InChI is InChI=1S/C28H27BrN4O2S/c1-17-15-22(18(2)32(17)20-10-8-19(29)9-11-20)27-26(23-7-5-6-14-30-23)31-28(36)33(27)24-13-12-21(34-3)16-25(24)35-4/h5-16,26-27H,1-4H3,(H,31,36)/t26-,27-/m0/s1. The maximum atomic E-state index is 5.92. The van der Waals surface area contributed by atoms with E-state index in [4.69, 9.17) is 21.7 Å². The molecular weight excluding hydrogens is 536 g/mol. The molecule has 6 nitrogen and oxygen atoms in total. The molecule has 2 atom stereocenters. The fourth-order valence-electron chi connectivity index (χ4n) is 4.99. The Hall–Kier alpha value is -3.36. The highest BCUT2D eigenvalue weighted by molar-refractivity contribution is 9.10. The molecule has 1 saturated heterocycles. The van der Waals surface area contributed by atoms with Crippen molar-refractivity contribution < 1.29 is 9.47 Å². The maximum absolute atomic E-state index is 5.92. The highest BCUT2D eigenvalue weighted by atomic mass is 79.9. The van der Waals surface area contributed by atoms with Crippen LogP contribution in [0.5, 0.6) is 11.5 Å². The third kappa shape index (κ3) is 4.24. The summed E-state index contributed by atoms with van der Waals surface area (Å²) in [6.07, 6.45) is 1.82. The third-order valence-electron chi connectivity index (χ3n) is 6.62. The molecule has 1 aliphatic rings. The average molecular weight is 564 g/mol. The monoisotopic (exact) mass is 562 g/mol. The molecule has 5 rings (SSSR count). The van der Waals surface area contributed by atoms with Crippen molar-refractivity contribution in [2.75, 3.05) is 19.1 Å². The van der Waals surface area contributed by atoms with Crippen LogP contribution in [0.3, 0.4) is 0 Å². The number of pyridine rings is 1. The minimum Gasteiger partial charge on any atom is -0.497 e. The third-order valence-corrected chi connectivity index (χ3v) is 7.46. The number of aromatic nitrogens is 2. The van der Waals surface area contributed by atoms with Crippen molar-refractivity contribution in [1.29, 1.82) is 0 Å². The Labute approximate surface area is 225 Å². The number of hydrogen-bond donors (Lipinski definition) is 1. The Kier molecular flexibility index (Phi) is 6.73. The zero-order valence-electron chi connectivity index (χ0n) is 20.5. The van der Waals surface area contributed by atoms with Gasteiger partial charge in [0.2, 0.25) is 0 Å². The van der Waals surface area contributed by atoms with E-state index in [9.17, 15) is 0 Å². The number of benzene rings is 2. The van der Waals surface area contributed by atoms with Gasteiger partial charge in [-0.2, -0.15) is 0 Å². The number of nitrogens with one attached hydrogen (secondary N) is 1. The molecule has 1 N–H and O–H groups in total. The van der Waals surface area contributed by atoms with Gasteiger partial charge in [0.05, 0.1) is 37.7 Å². The van der Waals surface area contributed by atoms with Gasteiger partial charge in [-0.25, -0.2) is 0 Å². The Morgan fingerprint density at radius 2 is 1.75 bits per heavy atom. The van der Waals surface area contributed by atoms with Gasteiger partial charge in [-0.3, -0.25) is 4.98 Å². The fraction of sp³-hybridized carbons (Fsp3) is 0.214. The van der Waals surface area contributed by atoms with Gasteiger partial charge in [-0.15, -0.1) is 0 Å². The summed E-state index contributed by atoms with van der Waals surface area (Å²) < 4.78 is 14.5. The van der Waals surface area contributed by atoms with Crippen LogP contribution in [0.4, 0.5) is 5.69 Å². The van der Waals surface area contributed by atoms with Crippen LogP contribution < -0.4 is 19.7 Å². The predicted octanol–water partition coefficient (Wildman–Crippen LogP) is 6.45. The summed E-state index contributed by atoms with van der Waals surface area (Å²) in [6.45, 7) is 4.29. The van der Waals surface area contributed by atoms with Crippen LogP contribution in [0.1, 0.15) is 34.7 Å². The number of thiocarbonyl (C=S) groups is 1. The number of halogens is 1. The van der Waals surface area contributed by atoms with Crippen LogP contribution in [0, 0.1) is 13.8 Å². The van der Waals surface area contributed by atoms with Gasteiger partial charge in [0.15, 0.2) is 5.11 Å². The summed E-state index contributed by atoms with van der Waals surface area (Å²) in [4.78, 5) is 6.82. The minimum absolute atomic E-state index is 0.148. The highest BCUT2D eigenvalue weighted by Crippen LogP contribution is 2.46. The topological polar surface area (TPSA) is 51.5 Å². The van der Waals surface area contributed by atoms with Crippen molar-refractivity contribution in [1.82, 2.24) is 14.9 Å². The van der Waals surface area contributed by atoms with E-state index in [-0.39, 0.29) is 12.1 Å². The van der Waals surface area contributed by atoms with Crippen molar-refractivity contribution in [2.45, 2.75) is 25.9 Å². The van der Waals surface area contributed by atoms with E-state index in [2.05, 4.69) is 79.9 Å². The predicted molar refractivity (Wildman–Crippen MR) is 150 cm³/mol. The van der Waals surface area contributed by atoms with Crippen LogP contribution >= 0.6 is 28.1 Å². The largest absolute Gasteiger partial charge is 0.497 e. The molecule has 36 heavy (non-hydrogen) atoms. The van der Waals surface area contributed by atoms with Crippen molar-refractivity contribution in [3.63, 3.8) is 0 Å². The summed E-state index contributed by atoms with van der Waals surface area (Å²) >= 11 is 9.47. The highest BCUT2D eigenvalue weighted by Gasteiger charge is 2.43. The fourth-order valence-corrected chi connectivity index (χ4v) is 5.59. The molecule has 2 aromatic heterocycles. The second kappa shape index (κ2) is 9.95. The van der Waals surface area contributed by atoms with E-state index in [0.29, 0.717) is 10.9 Å². The van der Waals surface area contributed by atoms with Crippen molar-refractivity contribution in [2.24, 2.45) is 0 Å². The first-order valence-electron chi connectivity index (χ1n) is 11.6. The molecule has 0 saturated carbocycles. The molecule has 0 spiro atoms. The lowest BCUT2D eigenvalue weighted by atomic mass is 9.96. The smallest absolute Gasteiger partial charge is 0.174 e. The Morgan fingerprint density at radius 1 is 0.972 bits per heavy atom. The molecule has 0 radical (unpaired) electrons. The zero-order valence-corrected chi connectivity index (χ0v) is 22.9. The van der Waals surface area contributed by atoms with Gasteiger partial charge in [0.25, 0.3) is 0 Å². The minimum atomic E-state index is -0.149. The van der Waals surface area contributed by atoms with Crippen molar-refractivity contribution >= 4 is 38.9 Å². The SMILES string of the molecule is COc1ccc(N2C(=S)N[C@@H](c3ccccn3)[C@@H]2c2cc(C)n(-c3ccc(Br)cc3)c2C)c(OC)c1. The molecule has 184 valence electrons. The van der Waals surface area contributed by atoms with Gasteiger partial charge >= 0.3 is 0 Å². The summed E-state index contributed by atoms with van der Waals surface area (Å²) in [6, 6.07) is 22.1. The van der Waals surface area contributed by atoms with Gasteiger partial charge in [-0.05, 0) is 86.2 Å². The Morgan fingerprint density at radius 3 is 2.42 bits per heavy atom. The van der Waals surface area contributed by atoms with E-state index in [1.54, 1.807) is 14.2 Å².